The maximum absolute atomic E-state index is 12.2. The predicted octanol–water partition coefficient (Wildman–Crippen LogP) is 0.499. The van der Waals surface area contributed by atoms with E-state index >= 15 is 0 Å². The minimum atomic E-state index is -1.78. The number of rotatable bonds is 1. The normalized spacial score (nSPS) is 21.3. The van der Waals surface area contributed by atoms with Crippen LogP contribution in [0.2, 0.25) is 0 Å². The van der Waals surface area contributed by atoms with Crippen molar-refractivity contribution in [3.8, 4) is 0 Å². The molecule has 0 spiro atoms. The highest BCUT2D eigenvalue weighted by Crippen LogP contribution is 2.43. The highest BCUT2D eigenvalue weighted by atomic mass is 16.3. The number of hydrogen-bond donors (Lipinski definition) is 3. The maximum atomic E-state index is 12.2. The lowest BCUT2D eigenvalue weighted by Crippen LogP contribution is -2.36. The molecular weight excluding hydrogens is 244 g/mol. The summed E-state index contributed by atoms with van der Waals surface area (Å²) < 4.78 is 1.46. The average molecular weight is 258 g/mol. The van der Waals surface area contributed by atoms with Crippen molar-refractivity contribution in [2.45, 2.75) is 12.5 Å². The number of nitrogens with one attached hydrogen (secondary N) is 1. The van der Waals surface area contributed by atoms with Gasteiger partial charge < -0.3 is 16.2 Å². The summed E-state index contributed by atoms with van der Waals surface area (Å²) in [6.07, 6.45) is 0. The number of para-hydroxylation sites is 1. The van der Waals surface area contributed by atoms with E-state index in [9.17, 15) is 9.90 Å². The van der Waals surface area contributed by atoms with Crippen LogP contribution in [0.15, 0.2) is 24.3 Å². The Morgan fingerprint density at radius 2 is 2.11 bits per heavy atom. The topological polar surface area (TPSA) is 93.2 Å². The molecule has 6 nitrogen and oxygen atoms in total. The third-order valence-electron chi connectivity index (χ3n) is 3.52. The van der Waals surface area contributed by atoms with Crippen molar-refractivity contribution >= 4 is 17.4 Å². The van der Waals surface area contributed by atoms with E-state index in [4.69, 9.17) is 5.73 Å². The van der Waals surface area contributed by atoms with Crippen LogP contribution >= 0.6 is 0 Å². The molecule has 4 N–H and O–H groups in total. The van der Waals surface area contributed by atoms with Crippen molar-refractivity contribution in [2.24, 2.45) is 7.05 Å². The first-order chi connectivity index (χ1) is 8.96. The van der Waals surface area contributed by atoms with Gasteiger partial charge in [0.2, 0.25) is 5.60 Å². The number of nitrogen functional groups attached to an aromatic ring is 1. The highest BCUT2D eigenvalue weighted by Gasteiger charge is 2.49. The summed E-state index contributed by atoms with van der Waals surface area (Å²) in [5.74, 6) is -0.219. The molecule has 0 bridgehead atoms. The van der Waals surface area contributed by atoms with E-state index in [1.807, 2.05) is 0 Å². The van der Waals surface area contributed by atoms with Crippen molar-refractivity contribution in [3.05, 3.63) is 41.1 Å². The number of nitrogens with zero attached hydrogens (tertiary/aromatic N) is 2. The Hall–Kier alpha value is -2.34. The van der Waals surface area contributed by atoms with Crippen LogP contribution < -0.4 is 11.1 Å². The van der Waals surface area contributed by atoms with Crippen molar-refractivity contribution in [1.82, 2.24) is 9.78 Å². The summed E-state index contributed by atoms with van der Waals surface area (Å²) in [6.45, 7) is 1.72. The van der Waals surface area contributed by atoms with Crippen LogP contribution in [0.5, 0.6) is 0 Å². The second-order valence-corrected chi connectivity index (χ2v) is 4.68. The van der Waals surface area contributed by atoms with E-state index in [1.165, 1.54) is 4.68 Å². The molecule has 1 aromatic heterocycles. The van der Waals surface area contributed by atoms with Gasteiger partial charge in [0.1, 0.15) is 5.82 Å². The molecule has 2 heterocycles. The smallest absolute Gasteiger partial charge is 0.266 e. The number of aromatic nitrogens is 2. The largest absolute Gasteiger partial charge is 0.384 e. The summed E-state index contributed by atoms with van der Waals surface area (Å²) in [6, 6.07) is 7.02. The molecule has 0 radical (unpaired) electrons. The number of carbonyl (C=O) groups is 1. The van der Waals surface area contributed by atoms with Gasteiger partial charge in [-0.15, -0.1) is 0 Å². The molecule has 3 rings (SSSR count). The van der Waals surface area contributed by atoms with Gasteiger partial charge in [-0.25, -0.2) is 0 Å². The molecular formula is C13H14N4O2. The van der Waals surface area contributed by atoms with Gasteiger partial charge in [0.25, 0.3) is 5.91 Å². The summed E-state index contributed by atoms with van der Waals surface area (Å²) >= 11 is 0. The van der Waals surface area contributed by atoms with Gasteiger partial charge in [0.15, 0.2) is 0 Å². The Bertz CT molecular complexity index is 692. The van der Waals surface area contributed by atoms with Crippen molar-refractivity contribution in [3.63, 3.8) is 0 Å². The SMILES string of the molecule is Cc1nn(C)c(N)c1[C@]1(O)C(=O)Nc2ccccc21. The summed E-state index contributed by atoms with van der Waals surface area (Å²) in [5, 5.41) is 17.7. The Labute approximate surface area is 109 Å². The molecule has 1 amide bonds. The third-order valence-corrected chi connectivity index (χ3v) is 3.52. The number of nitrogens with two attached hydrogens (primary N) is 1. The Kier molecular flexibility index (Phi) is 2.21. The molecule has 19 heavy (non-hydrogen) atoms. The molecule has 1 aliphatic rings. The summed E-state index contributed by atoms with van der Waals surface area (Å²) in [5.41, 5.74) is 6.15. The number of aliphatic hydroxyl groups is 1. The average Bonchev–Trinajstić information content (AvgIpc) is 2.77. The molecule has 0 saturated carbocycles. The molecule has 1 aliphatic heterocycles. The number of aryl methyl sites for hydroxylation is 2. The summed E-state index contributed by atoms with van der Waals surface area (Å²) in [7, 11) is 1.67. The van der Waals surface area contributed by atoms with E-state index in [1.54, 1.807) is 38.2 Å². The van der Waals surface area contributed by atoms with Crippen LogP contribution in [0.25, 0.3) is 0 Å². The van der Waals surface area contributed by atoms with Crippen LogP contribution in [-0.2, 0) is 17.4 Å². The number of benzene rings is 1. The van der Waals surface area contributed by atoms with Gasteiger partial charge >= 0.3 is 0 Å². The van der Waals surface area contributed by atoms with Crippen molar-refractivity contribution in [1.29, 1.82) is 0 Å². The number of carbonyl (C=O) groups excluding carboxylic acids is 1. The fourth-order valence-corrected chi connectivity index (χ4v) is 2.61. The second-order valence-electron chi connectivity index (χ2n) is 4.68. The first kappa shape index (κ1) is 11.7. The standard InChI is InChI=1S/C13H14N4O2/c1-7-10(11(14)17(2)16-7)13(19)8-5-3-4-6-9(8)15-12(13)18/h3-6,19H,14H2,1-2H3,(H,15,18)/t13-/m0/s1. The predicted molar refractivity (Wildman–Crippen MR) is 70.4 cm³/mol. The molecule has 1 aromatic carbocycles. The minimum absolute atomic E-state index is 0.284. The quantitative estimate of drug-likeness (QED) is 0.694. The van der Waals surface area contributed by atoms with Gasteiger partial charge in [0, 0.05) is 18.3 Å². The lowest BCUT2D eigenvalue weighted by Gasteiger charge is -2.21. The zero-order valence-electron chi connectivity index (χ0n) is 10.6. The molecule has 2 aromatic rings. The molecule has 0 unspecified atom stereocenters. The minimum Gasteiger partial charge on any atom is -0.384 e. The fraction of sp³-hybridized carbons (Fsp3) is 0.231. The summed E-state index contributed by atoms with van der Waals surface area (Å²) in [4.78, 5) is 12.2. The molecule has 98 valence electrons. The first-order valence-electron chi connectivity index (χ1n) is 5.89. The fourth-order valence-electron chi connectivity index (χ4n) is 2.61. The van der Waals surface area contributed by atoms with Crippen molar-refractivity contribution < 1.29 is 9.90 Å². The monoisotopic (exact) mass is 258 g/mol. The van der Waals surface area contributed by atoms with Crippen LogP contribution in [-0.4, -0.2) is 20.8 Å². The Balaban J connectivity index is 2.32. The zero-order valence-corrected chi connectivity index (χ0v) is 10.6. The second kappa shape index (κ2) is 3.58. The van der Waals surface area contributed by atoms with Gasteiger partial charge in [-0.1, -0.05) is 18.2 Å². The first-order valence-corrected chi connectivity index (χ1v) is 5.89. The van der Waals surface area contributed by atoms with Crippen LogP contribution in [0.1, 0.15) is 16.8 Å². The molecule has 1 atom stereocenters. The van der Waals surface area contributed by atoms with Crippen LogP contribution in [0.3, 0.4) is 0 Å². The molecule has 0 aliphatic carbocycles. The number of hydrogen-bond acceptors (Lipinski definition) is 4. The van der Waals surface area contributed by atoms with E-state index in [0.717, 1.165) is 0 Å². The van der Waals surface area contributed by atoms with E-state index in [0.29, 0.717) is 22.5 Å². The zero-order chi connectivity index (χ0) is 13.8. The van der Waals surface area contributed by atoms with Crippen LogP contribution in [0, 0.1) is 6.92 Å². The van der Waals surface area contributed by atoms with E-state index in [-0.39, 0.29) is 5.82 Å². The van der Waals surface area contributed by atoms with E-state index < -0.39 is 11.5 Å². The highest BCUT2D eigenvalue weighted by molar-refractivity contribution is 6.08. The number of amides is 1. The maximum Gasteiger partial charge on any atom is 0.266 e. The lowest BCUT2D eigenvalue weighted by molar-refractivity contribution is -0.129. The van der Waals surface area contributed by atoms with Crippen molar-refractivity contribution in [2.75, 3.05) is 11.1 Å². The molecule has 0 saturated heterocycles. The van der Waals surface area contributed by atoms with Gasteiger partial charge in [-0.2, -0.15) is 5.10 Å². The number of anilines is 2. The van der Waals surface area contributed by atoms with Gasteiger partial charge in [-0.3, -0.25) is 9.48 Å². The molecule has 0 fully saturated rings. The Morgan fingerprint density at radius 3 is 2.74 bits per heavy atom. The van der Waals surface area contributed by atoms with Gasteiger partial charge in [-0.05, 0) is 13.0 Å². The third kappa shape index (κ3) is 1.34. The van der Waals surface area contributed by atoms with Crippen LogP contribution in [0.4, 0.5) is 11.5 Å². The van der Waals surface area contributed by atoms with E-state index in [2.05, 4.69) is 10.4 Å². The Morgan fingerprint density at radius 1 is 1.42 bits per heavy atom. The lowest BCUT2D eigenvalue weighted by atomic mass is 9.87. The number of fused-ring (bicyclic) bond motifs is 1. The van der Waals surface area contributed by atoms with Gasteiger partial charge in [0.05, 0.1) is 11.3 Å². The molecule has 6 heteroatoms.